The first-order valence-electron chi connectivity index (χ1n) is 8.17. The first-order chi connectivity index (χ1) is 13.6. The number of hydrogen-bond donors (Lipinski definition) is 1. The Morgan fingerprint density at radius 3 is 2.59 bits per heavy atom. The van der Waals surface area contributed by atoms with Gasteiger partial charge in [-0.3, -0.25) is 14.9 Å². The van der Waals surface area contributed by atoms with Gasteiger partial charge in [-0.15, -0.1) is 0 Å². The number of nitrogens with zero attached hydrogens (tertiary/aromatic N) is 3. The molecule has 8 nitrogen and oxygen atoms in total. The number of nitro groups is 1. The Hall–Kier alpha value is -3.47. The van der Waals surface area contributed by atoms with Crippen LogP contribution in [0.15, 0.2) is 53.6 Å². The number of methoxy groups -OCH3 is 1. The third-order valence-electron chi connectivity index (χ3n) is 4.37. The van der Waals surface area contributed by atoms with E-state index in [4.69, 9.17) is 4.74 Å². The number of hydrogen-bond acceptors (Lipinski definition) is 6. The molecule has 0 radical (unpaired) electrons. The molecular formula is C18H14F3N3O5. The van der Waals surface area contributed by atoms with E-state index in [-0.39, 0.29) is 16.3 Å². The average Bonchev–Trinajstić information content (AvgIpc) is 3.06. The number of nitro benzene ring substituents is 1. The standard InChI is InChI=1S/C18H14F3N3O5/c1-29-12-6-4-5-11(9-12)17(26)10-15(18(19,20)21)22-23(17)16(25)13-7-2-3-8-14(13)24(27)28/h2-9,26H,10H2,1H3. The van der Waals surface area contributed by atoms with E-state index in [0.717, 1.165) is 12.1 Å². The van der Waals surface area contributed by atoms with Gasteiger partial charge >= 0.3 is 6.18 Å². The number of para-hydroxylation sites is 1. The smallest absolute Gasteiger partial charge is 0.431 e. The number of aliphatic hydroxyl groups is 1. The molecule has 0 saturated carbocycles. The zero-order valence-corrected chi connectivity index (χ0v) is 14.9. The van der Waals surface area contributed by atoms with Crippen molar-refractivity contribution in [3.05, 3.63) is 69.8 Å². The van der Waals surface area contributed by atoms with Crippen LogP contribution in [0.25, 0.3) is 0 Å². The first kappa shape index (κ1) is 20.3. The molecule has 1 N–H and O–H groups in total. The average molecular weight is 409 g/mol. The molecule has 1 aliphatic rings. The summed E-state index contributed by atoms with van der Waals surface area (Å²) in [4.78, 5) is 23.3. The normalized spacial score (nSPS) is 19.1. The molecule has 0 aromatic heterocycles. The highest BCUT2D eigenvalue weighted by Gasteiger charge is 2.53. The van der Waals surface area contributed by atoms with E-state index in [1.54, 1.807) is 0 Å². The predicted octanol–water partition coefficient (Wildman–Crippen LogP) is 3.21. The van der Waals surface area contributed by atoms with Crippen molar-refractivity contribution in [3.8, 4) is 5.75 Å². The minimum atomic E-state index is -4.91. The highest BCUT2D eigenvalue weighted by molar-refractivity contribution is 6.02. The Balaban J connectivity index is 2.15. The van der Waals surface area contributed by atoms with E-state index in [2.05, 4.69) is 5.10 Å². The quantitative estimate of drug-likeness (QED) is 0.617. The molecule has 0 spiro atoms. The van der Waals surface area contributed by atoms with Crippen LogP contribution in [-0.4, -0.2) is 39.9 Å². The number of alkyl halides is 3. The van der Waals surface area contributed by atoms with E-state index in [0.29, 0.717) is 0 Å². The molecule has 0 fully saturated rings. The molecule has 0 saturated heterocycles. The van der Waals surface area contributed by atoms with Crippen molar-refractivity contribution >= 4 is 17.3 Å². The van der Waals surface area contributed by atoms with E-state index in [9.17, 15) is 33.2 Å². The molecule has 1 unspecified atom stereocenters. The highest BCUT2D eigenvalue weighted by Crippen LogP contribution is 2.41. The molecule has 1 atom stereocenters. The van der Waals surface area contributed by atoms with Crippen molar-refractivity contribution in [2.45, 2.75) is 18.3 Å². The summed E-state index contributed by atoms with van der Waals surface area (Å²) in [6.07, 6.45) is -5.96. The minimum Gasteiger partial charge on any atom is -0.497 e. The van der Waals surface area contributed by atoms with Crippen LogP contribution in [0.3, 0.4) is 0 Å². The topological polar surface area (TPSA) is 105 Å². The Morgan fingerprint density at radius 1 is 1.28 bits per heavy atom. The fourth-order valence-corrected chi connectivity index (χ4v) is 2.94. The number of benzene rings is 2. The number of ether oxygens (including phenoxy) is 1. The third kappa shape index (κ3) is 3.63. The molecule has 11 heteroatoms. The fourth-order valence-electron chi connectivity index (χ4n) is 2.94. The van der Waals surface area contributed by atoms with E-state index in [1.807, 2.05) is 0 Å². The molecule has 0 bridgehead atoms. The van der Waals surface area contributed by atoms with Gasteiger partial charge in [0.2, 0.25) is 0 Å². The van der Waals surface area contributed by atoms with Crippen LogP contribution in [-0.2, 0) is 5.72 Å². The van der Waals surface area contributed by atoms with Gasteiger partial charge in [-0.05, 0) is 18.2 Å². The summed E-state index contributed by atoms with van der Waals surface area (Å²) in [5.74, 6) is -1.02. The number of carbonyl (C=O) groups is 1. The van der Waals surface area contributed by atoms with Gasteiger partial charge in [-0.25, -0.2) is 0 Å². The van der Waals surface area contributed by atoms with Gasteiger partial charge in [0.1, 0.15) is 17.0 Å². The molecule has 1 aliphatic heterocycles. The summed E-state index contributed by atoms with van der Waals surface area (Å²) >= 11 is 0. The second-order valence-corrected chi connectivity index (χ2v) is 6.16. The molecule has 152 valence electrons. The Labute approximate surface area is 162 Å². The molecule has 2 aromatic carbocycles. The van der Waals surface area contributed by atoms with Crippen LogP contribution in [0, 0.1) is 10.1 Å². The second kappa shape index (κ2) is 7.17. The number of amides is 1. The lowest BCUT2D eigenvalue weighted by Crippen LogP contribution is -2.44. The first-order valence-corrected chi connectivity index (χ1v) is 8.17. The molecule has 29 heavy (non-hydrogen) atoms. The Kier molecular flexibility index (Phi) is 5.01. The van der Waals surface area contributed by atoms with Gasteiger partial charge in [0.25, 0.3) is 11.6 Å². The lowest BCUT2D eigenvalue weighted by Gasteiger charge is -2.31. The van der Waals surface area contributed by atoms with Gasteiger partial charge in [0.05, 0.1) is 18.5 Å². The number of hydrazone groups is 1. The van der Waals surface area contributed by atoms with Crippen LogP contribution >= 0.6 is 0 Å². The summed E-state index contributed by atoms with van der Waals surface area (Å²) in [6, 6.07) is 10.2. The number of rotatable bonds is 4. The van der Waals surface area contributed by atoms with Gasteiger partial charge in [0.15, 0.2) is 5.72 Å². The maximum Gasteiger partial charge on any atom is 0.431 e. The van der Waals surface area contributed by atoms with Gasteiger partial charge in [0, 0.05) is 11.6 Å². The highest BCUT2D eigenvalue weighted by atomic mass is 19.4. The van der Waals surface area contributed by atoms with Gasteiger partial charge in [-0.2, -0.15) is 23.3 Å². The molecule has 1 amide bonds. The fraction of sp³-hybridized carbons (Fsp3) is 0.222. The SMILES string of the molecule is COc1cccc(C2(O)CC(C(F)(F)F)=NN2C(=O)c2ccccc2[N+](=O)[O-])c1. The Bertz CT molecular complexity index is 1010. The summed E-state index contributed by atoms with van der Waals surface area (Å²) in [5, 5.41) is 25.8. The molecular weight excluding hydrogens is 395 g/mol. The molecule has 3 rings (SSSR count). The minimum absolute atomic E-state index is 0.0909. The van der Waals surface area contributed by atoms with Crippen molar-refractivity contribution in [1.82, 2.24) is 5.01 Å². The molecule has 2 aromatic rings. The van der Waals surface area contributed by atoms with E-state index < -0.39 is 46.1 Å². The maximum absolute atomic E-state index is 13.3. The summed E-state index contributed by atoms with van der Waals surface area (Å²) in [5.41, 5.74) is -5.13. The maximum atomic E-state index is 13.3. The van der Waals surface area contributed by atoms with Crippen molar-refractivity contribution in [2.24, 2.45) is 5.10 Å². The van der Waals surface area contributed by atoms with Crippen LogP contribution in [0.5, 0.6) is 5.75 Å². The molecule has 1 heterocycles. The number of carbonyl (C=O) groups excluding carboxylic acids is 1. The third-order valence-corrected chi connectivity index (χ3v) is 4.37. The van der Waals surface area contributed by atoms with Crippen molar-refractivity contribution in [3.63, 3.8) is 0 Å². The van der Waals surface area contributed by atoms with E-state index >= 15 is 0 Å². The monoisotopic (exact) mass is 409 g/mol. The lowest BCUT2D eigenvalue weighted by molar-refractivity contribution is -0.385. The van der Waals surface area contributed by atoms with Crippen molar-refractivity contribution in [2.75, 3.05) is 7.11 Å². The zero-order valence-electron chi connectivity index (χ0n) is 14.9. The van der Waals surface area contributed by atoms with Gasteiger partial charge in [-0.1, -0.05) is 24.3 Å². The van der Waals surface area contributed by atoms with Gasteiger partial charge < -0.3 is 9.84 Å². The summed E-state index contributed by atoms with van der Waals surface area (Å²) < 4.78 is 44.9. The predicted molar refractivity (Wildman–Crippen MR) is 94.3 cm³/mol. The van der Waals surface area contributed by atoms with Crippen LogP contribution in [0.4, 0.5) is 18.9 Å². The zero-order chi connectivity index (χ0) is 21.4. The molecule has 0 aliphatic carbocycles. The van der Waals surface area contributed by atoms with Crippen LogP contribution < -0.4 is 4.74 Å². The summed E-state index contributed by atoms with van der Waals surface area (Å²) in [7, 11) is 1.33. The van der Waals surface area contributed by atoms with Crippen molar-refractivity contribution < 1.29 is 32.7 Å². The summed E-state index contributed by atoms with van der Waals surface area (Å²) in [6.45, 7) is 0. The van der Waals surface area contributed by atoms with Crippen LogP contribution in [0.1, 0.15) is 22.3 Å². The van der Waals surface area contributed by atoms with E-state index in [1.165, 1.54) is 43.5 Å². The Morgan fingerprint density at radius 2 is 1.97 bits per heavy atom. The lowest BCUT2D eigenvalue weighted by atomic mass is 9.96. The van der Waals surface area contributed by atoms with Crippen LogP contribution in [0.2, 0.25) is 0 Å². The number of halogens is 3. The second-order valence-electron chi connectivity index (χ2n) is 6.16. The van der Waals surface area contributed by atoms with Crippen molar-refractivity contribution in [1.29, 1.82) is 0 Å². The largest absolute Gasteiger partial charge is 0.497 e.